The SMILES string of the molecule is Cc1cccc(-n2ncc3c(=O)n4c(nc32)SCC4CC(=O)Nc2ccc(Cl)cc2)c1. The summed E-state index contributed by atoms with van der Waals surface area (Å²) in [6.07, 6.45) is 1.73. The van der Waals surface area contributed by atoms with Gasteiger partial charge in [-0.05, 0) is 48.9 Å². The Morgan fingerprint density at radius 3 is 2.84 bits per heavy atom. The molecule has 1 amide bonds. The molecule has 2 aromatic heterocycles. The van der Waals surface area contributed by atoms with E-state index in [0.717, 1.165) is 11.3 Å². The van der Waals surface area contributed by atoms with Crippen LogP contribution in [0.2, 0.25) is 5.02 Å². The van der Waals surface area contributed by atoms with Crippen LogP contribution in [0.15, 0.2) is 64.7 Å². The summed E-state index contributed by atoms with van der Waals surface area (Å²) < 4.78 is 3.31. The van der Waals surface area contributed by atoms with Crippen molar-refractivity contribution in [3.63, 3.8) is 0 Å². The highest BCUT2D eigenvalue weighted by molar-refractivity contribution is 7.99. The Morgan fingerprint density at radius 1 is 1.26 bits per heavy atom. The summed E-state index contributed by atoms with van der Waals surface area (Å²) in [5.41, 5.74) is 2.98. The number of carbonyl (C=O) groups is 1. The van der Waals surface area contributed by atoms with Crippen LogP contribution in [0, 0.1) is 6.92 Å². The number of amides is 1. The molecule has 1 unspecified atom stereocenters. The lowest BCUT2D eigenvalue weighted by Crippen LogP contribution is -2.27. The standard InChI is InChI=1S/C22H18ClN5O2S/c1-13-3-2-4-16(9-13)28-20-18(11-24-28)21(30)27-17(12-31-22(27)26-20)10-19(29)25-15-7-5-14(23)6-8-15/h2-9,11,17H,10,12H2,1H3,(H,25,29). The Balaban J connectivity index is 1.44. The number of rotatable bonds is 4. The van der Waals surface area contributed by atoms with Gasteiger partial charge in [0.1, 0.15) is 5.39 Å². The maximum Gasteiger partial charge on any atom is 0.265 e. The average Bonchev–Trinajstić information content (AvgIpc) is 3.35. The molecule has 0 radical (unpaired) electrons. The Morgan fingerprint density at radius 2 is 2.06 bits per heavy atom. The third kappa shape index (κ3) is 3.73. The molecule has 2 aromatic carbocycles. The number of nitrogens with one attached hydrogen (secondary N) is 1. The van der Waals surface area contributed by atoms with Gasteiger partial charge in [-0.2, -0.15) is 5.10 Å². The average molecular weight is 452 g/mol. The van der Waals surface area contributed by atoms with E-state index in [1.165, 1.54) is 11.8 Å². The molecule has 9 heteroatoms. The van der Waals surface area contributed by atoms with E-state index in [1.54, 1.807) is 39.7 Å². The molecule has 1 N–H and O–H groups in total. The summed E-state index contributed by atoms with van der Waals surface area (Å²) >= 11 is 7.37. The fourth-order valence-electron chi connectivity index (χ4n) is 3.69. The summed E-state index contributed by atoms with van der Waals surface area (Å²) in [7, 11) is 0. The van der Waals surface area contributed by atoms with Crippen LogP contribution in [0.1, 0.15) is 18.0 Å². The van der Waals surface area contributed by atoms with E-state index in [4.69, 9.17) is 16.6 Å². The molecule has 0 saturated carbocycles. The van der Waals surface area contributed by atoms with Crippen LogP contribution >= 0.6 is 23.4 Å². The van der Waals surface area contributed by atoms with Gasteiger partial charge in [0.15, 0.2) is 10.8 Å². The van der Waals surface area contributed by atoms with E-state index in [1.807, 2.05) is 31.2 Å². The Labute approximate surface area is 187 Å². The van der Waals surface area contributed by atoms with E-state index in [9.17, 15) is 9.59 Å². The van der Waals surface area contributed by atoms with Crippen LogP contribution < -0.4 is 10.9 Å². The molecule has 0 fully saturated rings. The number of hydrogen-bond acceptors (Lipinski definition) is 5. The van der Waals surface area contributed by atoms with Crippen LogP contribution in [0.25, 0.3) is 16.7 Å². The van der Waals surface area contributed by atoms with Gasteiger partial charge < -0.3 is 5.32 Å². The van der Waals surface area contributed by atoms with Gasteiger partial charge in [0, 0.05) is 22.9 Å². The van der Waals surface area contributed by atoms with E-state index in [-0.39, 0.29) is 23.9 Å². The minimum Gasteiger partial charge on any atom is -0.326 e. The minimum atomic E-state index is -0.265. The number of benzene rings is 2. The number of halogens is 1. The highest BCUT2D eigenvalue weighted by Crippen LogP contribution is 2.33. The zero-order valence-electron chi connectivity index (χ0n) is 16.6. The van der Waals surface area contributed by atoms with Crippen molar-refractivity contribution < 1.29 is 4.79 Å². The molecular weight excluding hydrogens is 434 g/mol. The van der Waals surface area contributed by atoms with Gasteiger partial charge in [0.05, 0.1) is 17.9 Å². The lowest BCUT2D eigenvalue weighted by atomic mass is 10.2. The van der Waals surface area contributed by atoms with Crippen molar-refractivity contribution in [1.29, 1.82) is 0 Å². The predicted molar refractivity (Wildman–Crippen MR) is 122 cm³/mol. The number of thioether (sulfide) groups is 1. The van der Waals surface area contributed by atoms with E-state index in [0.29, 0.717) is 32.7 Å². The van der Waals surface area contributed by atoms with Gasteiger partial charge >= 0.3 is 0 Å². The number of carbonyl (C=O) groups excluding carboxylic acids is 1. The molecule has 0 spiro atoms. The Kier molecular flexibility index (Phi) is 5.03. The molecule has 1 aliphatic heterocycles. The molecule has 156 valence electrons. The van der Waals surface area contributed by atoms with Gasteiger partial charge in [-0.25, -0.2) is 9.67 Å². The van der Waals surface area contributed by atoms with Crippen molar-refractivity contribution in [1.82, 2.24) is 19.3 Å². The van der Waals surface area contributed by atoms with Gasteiger partial charge in [0.25, 0.3) is 5.56 Å². The Bertz CT molecular complexity index is 1360. The quantitative estimate of drug-likeness (QED) is 0.470. The maximum atomic E-state index is 13.2. The first-order valence-electron chi connectivity index (χ1n) is 9.75. The molecule has 0 aliphatic carbocycles. The van der Waals surface area contributed by atoms with Crippen molar-refractivity contribution in [2.45, 2.75) is 24.5 Å². The predicted octanol–water partition coefficient (Wildman–Crippen LogP) is 4.22. The first-order valence-corrected chi connectivity index (χ1v) is 11.1. The lowest BCUT2D eigenvalue weighted by Gasteiger charge is -2.13. The molecule has 1 atom stereocenters. The molecule has 3 heterocycles. The largest absolute Gasteiger partial charge is 0.326 e. The van der Waals surface area contributed by atoms with Crippen LogP contribution in [0.4, 0.5) is 5.69 Å². The van der Waals surface area contributed by atoms with Gasteiger partial charge in [-0.15, -0.1) is 0 Å². The maximum absolute atomic E-state index is 13.2. The summed E-state index contributed by atoms with van der Waals surface area (Å²) in [5.74, 6) is 0.448. The van der Waals surface area contributed by atoms with Crippen LogP contribution in [0.5, 0.6) is 0 Å². The second kappa shape index (κ2) is 7.86. The number of aromatic nitrogens is 4. The highest BCUT2D eigenvalue weighted by Gasteiger charge is 2.29. The van der Waals surface area contributed by atoms with Crippen molar-refractivity contribution in [3.05, 3.63) is 75.7 Å². The second-order valence-corrected chi connectivity index (χ2v) is 8.85. The first kappa shape index (κ1) is 19.8. The normalized spacial score (nSPS) is 15.2. The molecular formula is C22H18ClN5O2S. The second-order valence-electron chi connectivity index (χ2n) is 7.43. The summed E-state index contributed by atoms with van der Waals surface area (Å²) in [6.45, 7) is 2.00. The summed E-state index contributed by atoms with van der Waals surface area (Å²) in [5, 5.41) is 8.91. The van der Waals surface area contributed by atoms with E-state index >= 15 is 0 Å². The molecule has 31 heavy (non-hydrogen) atoms. The molecule has 0 saturated heterocycles. The third-order valence-corrected chi connectivity index (χ3v) is 6.52. The number of fused-ring (bicyclic) bond motifs is 2. The third-order valence-electron chi connectivity index (χ3n) is 5.17. The number of aryl methyl sites for hydroxylation is 1. The number of anilines is 1. The van der Waals surface area contributed by atoms with Crippen LogP contribution in [-0.4, -0.2) is 31.0 Å². The smallest absolute Gasteiger partial charge is 0.265 e. The van der Waals surface area contributed by atoms with Crippen LogP contribution in [0.3, 0.4) is 0 Å². The van der Waals surface area contributed by atoms with Crippen molar-refractivity contribution >= 4 is 46.0 Å². The van der Waals surface area contributed by atoms with Gasteiger partial charge in [0.2, 0.25) is 5.91 Å². The summed E-state index contributed by atoms with van der Waals surface area (Å²) in [6, 6.07) is 14.5. The zero-order chi connectivity index (χ0) is 21.5. The minimum absolute atomic E-state index is 0.164. The monoisotopic (exact) mass is 451 g/mol. The first-order chi connectivity index (χ1) is 15.0. The molecule has 5 rings (SSSR count). The topological polar surface area (TPSA) is 81.8 Å². The van der Waals surface area contributed by atoms with Crippen molar-refractivity contribution in [2.24, 2.45) is 0 Å². The zero-order valence-corrected chi connectivity index (χ0v) is 18.2. The number of hydrogen-bond donors (Lipinski definition) is 1. The molecule has 0 bridgehead atoms. The lowest BCUT2D eigenvalue weighted by molar-refractivity contribution is -0.116. The Hall–Kier alpha value is -3.10. The van der Waals surface area contributed by atoms with E-state index < -0.39 is 0 Å². The van der Waals surface area contributed by atoms with Crippen molar-refractivity contribution in [2.75, 3.05) is 11.1 Å². The molecule has 1 aliphatic rings. The molecule has 4 aromatic rings. The highest BCUT2D eigenvalue weighted by atomic mass is 35.5. The van der Waals surface area contributed by atoms with Gasteiger partial charge in [-0.3, -0.25) is 14.2 Å². The molecule has 7 nitrogen and oxygen atoms in total. The number of nitrogens with zero attached hydrogens (tertiary/aromatic N) is 4. The fraction of sp³-hybridized carbons (Fsp3) is 0.182. The van der Waals surface area contributed by atoms with Gasteiger partial charge in [-0.1, -0.05) is 35.5 Å². The summed E-state index contributed by atoms with van der Waals surface area (Å²) in [4.78, 5) is 30.5. The van der Waals surface area contributed by atoms with Crippen molar-refractivity contribution in [3.8, 4) is 5.69 Å². The van der Waals surface area contributed by atoms with Crippen LogP contribution in [-0.2, 0) is 4.79 Å². The fourth-order valence-corrected chi connectivity index (χ4v) is 4.95. The van der Waals surface area contributed by atoms with E-state index in [2.05, 4.69) is 10.4 Å².